The monoisotopic (exact) mass is 411 g/mol. The summed E-state index contributed by atoms with van der Waals surface area (Å²) in [7, 11) is 1.83. The van der Waals surface area contributed by atoms with Crippen LogP contribution in [0.15, 0.2) is 35.3 Å². The molecule has 29 heavy (non-hydrogen) atoms. The van der Waals surface area contributed by atoms with Gasteiger partial charge in [0.25, 0.3) is 0 Å². The summed E-state index contributed by atoms with van der Waals surface area (Å²) in [5.74, 6) is 2.49. The quantitative estimate of drug-likeness (QED) is 0.431. The lowest BCUT2D eigenvalue weighted by atomic mass is 10.1. The lowest BCUT2D eigenvalue weighted by Crippen LogP contribution is -2.48. The summed E-state index contributed by atoms with van der Waals surface area (Å²) in [6.45, 7) is 5.08. The van der Waals surface area contributed by atoms with Gasteiger partial charge in [-0.3, -0.25) is 4.99 Å². The second-order valence-electron chi connectivity index (χ2n) is 6.99. The predicted molar refractivity (Wildman–Crippen MR) is 120 cm³/mol. The second kappa shape index (κ2) is 10.2. The number of nitrogen functional groups attached to an aromatic ring is 1. The first-order valence-corrected chi connectivity index (χ1v) is 11.1. The van der Waals surface area contributed by atoms with Crippen molar-refractivity contribution in [2.45, 2.75) is 31.4 Å². The molecule has 8 heteroatoms. The van der Waals surface area contributed by atoms with Crippen LogP contribution in [0.1, 0.15) is 31.0 Å². The van der Waals surface area contributed by atoms with Gasteiger partial charge in [0.05, 0.1) is 11.4 Å². The molecule has 3 rings (SSSR count). The minimum absolute atomic E-state index is 0.397. The summed E-state index contributed by atoms with van der Waals surface area (Å²) in [4.78, 5) is 6.79. The second-order valence-corrected chi connectivity index (χ2v) is 8.40. The Bertz CT molecular complexity index is 869. The zero-order valence-corrected chi connectivity index (χ0v) is 18.0. The van der Waals surface area contributed by atoms with Crippen molar-refractivity contribution in [1.29, 1.82) is 5.26 Å². The largest absolute Gasteiger partial charge is 0.382 e. The van der Waals surface area contributed by atoms with Crippen molar-refractivity contribution in [3.8, 4) is 11.8 Å². The number of aromatic nitrogens is 2. The Balaban J connectivity index is 1.58. The number of nitrogens with one attached hydrogen (secondary N) is 1. The molecule has 0 spiro atoms. The predicted octanol–water partition coefficient (Wildman–Crippen LogP) is 2.66. The highest BCUT2D eigenvalue weighted by Crippen LogP contribution is 2.22. The zero-order valence-electron chi connectivity index (χ0n) is 17.1. The molecule has 2 aromatic rings. The zero-order chi connectivity index (χ0) is 20.6. The highest BCUT2D eigenvalue weighted by molar-refractivity contribution is 8.00. The molecule has 1 atom stereocenters. The number of hydrogen-bond acceptors (Lipinski definition) is 5. The highest BCUT2D eigenvalue weighted by atomic mass is 32.2. The number of hydrogen-bond donors (Lipinski definition) is 2. The number of aliphatic imine (C=N–C) groups is 1. The molecule has 0 bridgehead atoms. The minimum atomic E-state index is 0.397. The molecule has 1 unspecified atom stereocenters. The fraction of sp³-hybridized carbons (Fsp3) is 0.476. The molecule has 3 N–H and O–H groups in total. The summed E-state index contributed by atoms with van der Waals surface area (Å²) < 4.78 is 1.65. The standard InChI is InChI=1S/C21H29N7S/c1-3-17-15-27(12-13-29-17)21(24-2)25-11-7-10-19-18(14-22)20(23)28(26-19)16-8-5-4-6-9-16/h4-6,8-9,17H,3,7,10-13,15,23H2,1-2H3,(H,24,25). The summed E-state index contributed by atoms with van der Waals surface area (Å²) in [5.41, 5.74) is 8.25. The van der Waals surface area contributed by atoms with Gasteiger partial charge in [-0.25, -0.2) is 4.68 Å². The average molecular weight is 412 g/mol. The van der Waals surface area contributed by atoms with Crippen molar-refractivity contribution in [3.05, 3.63) is 41.6 Å². The van der Waals surface area contributed by atoms with Crippen LogP contribution in [0.5, 0.6) is 0 Å². The summed E-state index contributed by atoms with van der Waals surface area (Å²) in [6, 6.07) is 11.9. The molecule has 0 amide bonds. The van der Waals surface area contributed by atoms with Gasteiger partial charge in [-0.15, -0.1) is 0 Å². The van der Waals surface area contributed by atoms with E-state index in [1.165, 1.54) is 6.42 Å². The van der Waals surface area contributed by atoms with E-state index in [0.29, 0.717) is 23.1 Å². The summed E-state index contributed by atoms with van der Waals surface area (Å²) in [6.07, 6.45) is 2.71. The van der Waals surface area contributed by atoms with Gasteiger partial charge in [0.2, 0.25) is 0 Å². The van der Waals surface area contributed by atoms with Crippen LogP contribution < -0.4 is 11.1 Å². The van der Waals surface area contributed by atoms with Gasteiger partial charge >= 0.3 is 0 Å². The first-order valence-electron chi connectivity index (χ1n) is 10.1. The Morgan fingerprint density at radius 3 is 2.90 bits per heavy atom. The van der Waals surface area contributed by atoms with Crippen LogP contribution in [0.2, 0.25) is 0 Å². The third kappa shape index (κ3) is 5.04. The van der Waals surface area contributed by atoms with Gasteiger partial charge in [-0.05, 0) is 31.4 Å². The van der Waals surface area contributed by atoms with Crippen LogP contribution in [-0.4, -0.2) is 58.3 Å². The number of aryl methyl sites for hydroxylation is 1. The lowest BCUT2D eigenvalue weighted by molar-refractivity contribution is 0.408. The van der Waals surface area contributed by atoms with E-state index < -0.39 is 0 Å². The van der Waals surface area contributed by atoms with Gasteiger partial charge in [-0.2, -0.15) is 22.1 Å². The van der Waals surface area contributed by atoms with E-state index in [9.17, 15) is 5.26 Å². The van der Waals surface area contributed by atoms with Crippen LogP contribution >= 0.6 is 11.8 Å². The van der Waals surface area contributed by atoms with Crippen LogP contribution in [0.25, 0.3) is 5.69 Å². The first kappa shape index (κ1) is 21.1. The normalized spacial score (nSPS) is 17.2. The minimum Gasteiger partial charge on any atom is -0.382 e. The number of para-hydroxylation sites is 1. The molecule has 1 aliphatic heterocycles. The molecule has 2 heterocycles. The molecular formula is C21H29N7S. The molecule has 1 saturated heterocycles. The number of guanidine groups is 1. The van der Waals surface area contributed by atoms with Crippen molar-refractivity contribution in [2.24, 2.45) is 4.99 Å². The third-order valence-corrected chi connectivity index (χ3v) is 6.46. The van der Waals surface area contributed by atoms with Gasteiger partial charge in [-0.1, -0.05) is 25.1 Å². The molecular weight excluding hydrogens is 382 g/mol. The van der Waals surface area contributed by atoms with E-state index in [-0.39, 0.29) is 0 Å². The molecule has 0 saturated carbocycles. The number of thioether (sulfide) groups is 1. The Morgan fingerprint density at radius 1 is 1.41 bits per heavy atom. The van der Waals surface area contributed by atoms with Gasteiger partial charge in [0.1, 0.15) is 17.5 Å². The van der Waals surface area contributed by atoms with E-state index in [4.69, 9.17) is 5.73 Å². The summed E-state index contributed by atoms with van der Waals surface area (Å²) in [5, 5.41) is 18.3. The van der Waals surface area contributed by atoms with E-state index in [0.717, 1.165) is 49.1 Å². The maximum atomic E-state index is 9.53. The van der Waals surface area contributed by atoms with Crippen molar-refractivity contribution in [3.63, 3.8) is 0 Å². The van der Waals surface area contributed by atoms with E-state index in [1.54, 1.807) is 4.68 Å². The van der Waals surface area contributed by atoms with Crippen LogP contribution in [0, 0.1) is 11.3 Å². The Kier molecular flexibility index (Phi) is 7.42. The topological polar surface area (TPSA) is 95.3 Å². The molecule has 0 radical (unpaired) electrons. The number of benzene rings is 1. The Labute approximate surface area is 177 Å². The SMILES string of the molecule is CCC1CN(C(=NC)NCCCc2nn(-c3ccccc3)c(N)c2C#N)CCS1. The molecule has 1 fully saturated rings. The maximum Gasteiger partial charge on any atom is 0.193 e. The third-order valence-electron chi connectivity index (χ3n) is 5.09. The number of rotatable bonds is 6. The fourth-order valence-electron chi connectivity index (χ4n) is 3.49. The lowest BCUT2D eigenvalue weighted by Gasteiger charge is -2.34. The van der Waals surface area contributed by atoms with E-state index >= 15 is 0 Å². The molecule has 7 nitrogen and oxygen atoms in total. The number of anilines is 1. The number of nitriles is 1. The average Bonchev–Trinajstić information content (AvgIpc) is 3.09. The molecule has 1 aromatic carbocycles. The summed E-state index contributed by atoms with van der Waals surface area (Å²) >= 11 is 2.05. The van der Waals surface area contributed by atoms with Gasteiger partial charge in [0, 0.05) is 37.7 Å². The fourth-order valence-corrected chi connectivity index (χ4v) is 4.67. The van der Waals surface area contributed by atoms with E-state index in [1.807, 2.05) is 49.1 Å². The highest BCUT2D eigenvalue weighted by Gasteiger charge is 2.21. The van der Waals surface area contributed by atoms with Crippen molar-refractivity contribution in [2.75, 3.05) is 38.2 Å². The number of nitrogens with zero attached hydrogens (tertiary/aromatic N) is 5. The van der Waals surface area contributed by atoms with Gasteiger partial charge in [0.15, 0.2) is 5.96 Å². The van der Waals surface area contributed by atoms with Crippen LogP contribution in [0.3, 0.4) is 0 Å². The smallest absolute Gasteiger partial charge is 0.193 e. The Hall–Kier alpha value is -2.66. The van der Waals surface area contributed by atoms with Crippen molar-refractivity contribution >= 4 is 23.5 Å². The van der Waals surface area contributed by atoms with Crippen LogP contribution in [0.4, 0.5) is 5.82 Å². The van der Waals surface area contributed by atoms with Crippen LogP contribution in [-0.2, 0) is 6.42 Å². The first-order chi connectivity index (χ1) is 14.2. The molecule has 1 aliphatic rings. The van der Waals surface area contributed by atoms with Gasteiger partial charge < -0.3 is 16.0 Å². The van der Waals surface area contributed by atoms with Crippen molar-refractivity contribution < 1.29 is 0 Å². The van der Waals surface area contributed by atoms with E-state index in [2.05, 4.69) is 33.3 Å². The molecule has 154 valence electrons. The molecule has 1 aromatic heterocycles. The molecule has 0 aliphatic carbocycles. The maximum absolute atomic E-state index is 9.53. The Morgan fingerprint density at radius 2 is 2.21 bits per heavy atom. The van der Waals surface area contributed by atoms with Crippen molar-refractivity contribution in [1.82, 2.24) is 20.0 Å². The number of nitrogens with two attached hydrogens (primary N) is 1.